The second-order valence-electron chi connectivity index (χ2n) is 4.44. The molecule has 2 rings (SSSR count). The number of halogens is 2. The minimum Gasteiger partial charge on any atom is -0.435 e. The molecule has 106 valence electrons. The number of benzene rings is 2. The van der Waals surface area contributed by atoms with Crippen molar-refractivity contribution in [2.75, 3.05) is 5.32 Å². The van der Waals surface area contributed by atoms with Gasteiger partial charge in [0.1, 0.15) is 5.75 Å². The van der Waals surface area contributed by atoms with E-state index >= 15 is 0 Å². The summed E-state index contributed by atoms with van der Waals surface area (Å²) in [5, 5.41) is 3.17. The number of alkyl halides is 2. The van der Waals surface area contributed by atoms with Crippen LogP contribution in [0.1, 0.15) is 18.5 Å². The lowest BCUT2D eigenvalue weighted by molar-refractivity contribution is -0.0498. The van der Waals surface area contributed by atoms with Crippen LogP contribution in [0, 0.1) is 0 Å². The Hall–Kier alpha value is -2.14. The van der Waals surface area contributed by atoms with E-state index in [2.05, 4.69) is 10.1 Å². The van der Waals surface area contributed by atoms with Gasteiger partial charge in [0, 0.05) is 17.4 Å². The van der Waals surface area contributed by atoms with Crippen molar-refractivity contribution in [3.05, 3.63) is 54.1 Å². The van der Waals surface area contributed by atoms with E-state index in [-0.39, 0.29) is 11.8 Å². The van der Waals surface area contributed by atoms with E-state index in [0.717, 1.165) is 16.9 Å². The molecular formula is C15H16F2N2O. The molecule has 0 aromatic heterocycles. The third-order valence-corrected chi connectivity index (χ3v) is 2.80. The van der Waals surface area contributed by atoms with Gasteiger partial charge in [-0.05, 0) is 48.9 Å². The topological polar surface area (TPSA) is 47.3 Å². The van der Waals surface area contributed by atoms with Crippen molar-refractivity contribution in [3.63, 3.8) is 0 Å². The van der Waals surface area contributed by atoms with E-state index < -0.39 is 6.61 Å². The fraction of sp³-hybridized carbons (Fsp3) is 0.200. The Morgan fingerprint density at radius 2 is 1.45 bits per heavy atom. The molecule has 0 saturated carbocycles. The van der Waals surface area contributed by atoms with Crippen LogP contribution in [0.5, 0.6) is 5.75 Å². The molecule has 0 aliphatic carbocycles. The summed E-state index contributed by atoms with van der Waals surface area (Å²) in [5.74, 6) is 0.137. The molecule has 0 saturated heterocycles. The zero-order valence-electron chi connectivity index (χ0n) is 11.0. The van der Waals surface area contributed by atoms with Gasteiger partial charge in [-0.3, -0.25) is 0 Å². The molecule has 3 nitrogen and oxygen atoms in total. The number of hydrogen-bond donors (Lipinski definition) is 2. The van der Waals surface area contributed by atoms with Crippen LogP contribution in [0.2, 0.25) is 0 Å². The number of anilines is 2. The van der Waals surface area contributed by atoms with Crippen molar-refractivity contribution in [1.82, 2.24) is 0 Å². The molecule has 1 atom stereocenters. The highest BCUT2D eigenvalue weighted by molar-refractivity contribution is 5.60. The average molecular weight is 278 g/mol. The third kappa shape index (κ3) is 3.93. The van der Waals surface area contributed by atoms with Gasteiger partial charge in [0.15, 0.2) is 0 Å². The number of nitrogens with one attached hydrogen (secondary N) is 1. The molecule has 0 fully saturated rings. The Morgan fingerprint density at radius 1 is 0.950 bits per heavy atom. The summed E-state index contributed by atoms with van der Waals surface area (Å²) in [6, 6.07) is 14.1. The van der Waals surface area contributed by atoms with E-state index in [1.165, 1.54) is 12.1 Å². The Bertz CT molecular complexity index is 539. The first-order valence-electron chi connectivity index (χ1n) is 6.22. The lowest BCUT2D eigenvalue weighted by Crippen LogP contribution is -2.04. The van der Waals surface area contributed by atoms with E-state index in [0.29, 0.717) is 0 Å². The molecule has 5 heteroatoms. The normalized spacial score (nSPS) is 12.2. The van der Waals surface area contributed by atoms with Crippen molar-refractivity contribution < 1.29 is 13.5 Å². The lowest BCUT2D eigenvalue weighted by Gasteiger charge is -2.10. The molecular weight excluding hydrogens is 262 g/mol. The maximum absolute atomic E-state index is 12.0. The first kappa shape index (κ1) is 14.3. The summed E-state index contributed by atoms with van der Waals surface area (Å²) in [5.41, 5.74) is 8.52. The van der Waals surface area contributed by atoms with E-state index in [4.69, 9.17) is 5.73 Å². The van der Waals surface area contributed by atoms with Gasteiger partial charge < -0.3 is 15.8 Å². The van der Waals surface area contributed by atoms with E-state index in [9.17, 15) is 8.78 Å². The molecule has 0 bridgehead atoms. The summed E-state index contributed by atoms with van der Waals surface area (Å²) in [6.07, 6.45) is 0. The minimum atomic E-state index is -2.81. The molecule has 0 heterocycles. The highest BCUT2D eigenvalue weighted by atomic mass is 19.3. The van der Waals surface area contributed by atoms with Crippen LogP contribution in [-0.2, 0) is 0 Å². The number of nitrogens with two attached hydrogens (primary N) is 1. The molecule has 2 aromatic carbocycles. The maximum atomic E-state index is 12.0. The van der Waals surface area contributed by atoms with Crippen LogP contribution >= 0.6 is 0 Å². The largest absolute Gasteiger partial charge is 0.435 e. The van der Waals surface area contributed by atoms with Crippen LogP contribution in [0.25, 0.3) is 0 Å². The van der Waals surface area contributed by atoms with Gasteiger partial charge >= 0.3 is 6.61 Å². The third-order valence-electron chi connectivity index (χ3n) is 2.80. The molecule has 2 aromatic rings. The summed E-state index contributed by atoms with van der Waals surface area (Å²) in [7, 11) is 0. The SMILES string of the molecule is CC(N)c1ccc(Nc2ccc(OC(F)F)cc2)cc1. The van der Waals surface area contributed by atoms with Gasteiger partial charge in [0.05, 0.1) is 0 Å². The van der Waals surface area contributed by atoms with Crippen LogP contribution in [-0.4, -0.2) is 6.61 Å². The summed E-state index contributed by atoms with van der Waals surface area (Å²) in [6.45, 7) is -0.885. The van der Waals surface area contributed by atoms with Gasteiger partial charge in [-0.1, -0.05) is 12.1 Å². The second kappa shape index (κ2) is 6.34. The van der Waals surface area contributed by atoms with Gasteiger partial charge in [0.25, 0.3) is 0 Å². The monoisotopic (exact) mass is 278 g/mol. The predicted molar refractivity (Wildman–Crippen MR) is 75.4 cm³/mol. The number of ether oxygens (including phenoxy) is 1. The van der Waals surface area contributed by atoms with Crippen molar-refractivity contribution in [3.8, 4) is 5.75 Å². The number of rotatable bonds is 5. The van der Waals surface area contributed by atoms with E-state index in [1.54, 1.807) is 12.1 Å². The fourth-order valence-electron chi connectivity index (χ4n) is 1.76. The molecule has 1 unspecified atom stereocenters. The molecule has 0 spiro atoms. The zero-order valence-corrected chi connectivity index (χ0v) is 11.0. The summed E-state index contributed by atoms with van der Waals surface area (Å²) < 4.78 is 28.3. The first-order chi connectivity index (χ1) is 9.54. The molecule has 0 aliphatic rings. The van der Waals surface area contributed by atoms with Crippen molar-refractivity contribution in [1.29, 1.82) is 0 Å². The van der Waals surface area contributed by atoms with Crippen LogP contribution in [0.15, 0.2) is 48.5 Å². The highest BCUT2D eigenvalue weighted by Crippen LogP contribution is 2.22. The van der Waals surface area contributed by atoms with Gasteiger partial charge in [-0.25, -0.2) is 0 Å². The first-order valence-corrected chi connectivity index (χ1v) is 6.22. The molecule has 3 N–H and O–H groups in total. The van der Waals surface area contributed by atoms with Crippen molar-refractivity contribution in [2.45, 2.75) is 19.6 Å². The zero-order chi connectivity index (χ0) is 14.5. The Labute approximate surface area is 116 Å². The molecule has 0 radical (unpaired) electrons. The maximum Gasteiger partial charge on any atom is 0.387 e. The minimum absolute atomic E-state index is 0.00479. The predicted octanol–water partition coefficient (Wildman–Crippen LogP) is 4.05. The van der Waals surface area contributed by atoms with Crippen molar-refractivity contribution in [2.24, 2.45) is 5.73 Å². The average Bonchev–Trinajstić information content (AvgIpc) is 2.41. The Balaban J connectivity index is 2.02. The molecule has 20 heavy (non-hydrogen) atoms. The highest BCUT2D eigenvalue weighted by Gasteiger charge is 2.04. The standard InChI is InChI=1S/C15H16F2N2O/c1-10(18)11-2-4-12(5-3-11)19-13-6-8-14(9-7-13)20-15(16)17/h2-10,15,19H,18H2,1H3. The number of hydrogen-bond acceptors (Lipinski definition) is 3. The molecule has 0 amide bonds. The van der Waals surface area contributed by atoms with Gasteiger partial charge in [0.2, 0.25) is 0 Å². The quantitative estimate of drug-likeness (QED) is 0.867. The lowest BCUT2D eigenvalue weighted by atomic mass is 10.1. The summed E-state index contributed by atoms with van der Waals surface area (Å²) in [4.78, 5) is 0. The fourth-order valence-corrected chi connectivity index (χ4v) is 1.76. The van der Waals surface area contributed by atoms with Crippen LogP contribution in [0.4, 0.5) is 20.2 Å². The molecule has 0 aliphatic heterocycles. The van der Waals surface area contributed by atoms with Gasteiger partial charge in [-0.15, -0.1) is 0 Å². The Kier molecular flexibility index (Phi) is 4.53. The Morgan fingerprint density at radius 3 is 1.90 bits per heavy atom. The van der Waals surface area contributed by atoms with Crippen LogP contribution in [0.3, 0.4) is 0 Å². The van der Waals surface area contributed by atoms with Gasteiger partial charge in [-0.2, -0.15) is 8.78 Å². The van der Waals surface area contributed by atoms with E-state index in [1.807, 2.05) is 31.2 Å². The van der Waals surface area contributed by atoms with Crippen molar-refractivity contribution >= 4 is 11.4 Å². The second-order valence-corrected chi connectivity index (χ2v) is 4.44. The van der Waals surface area contributed by atoms with Crippen LogP contribution < -0.4 is 15.8 Å². The summed E-state index contributed by atoms with van der Waals surface area (Å²) >= 11 is 0. The smallest absolute Gasteiger partial charge is 0.387 e.